The van der Waals surface area contributed by atoms with Gasteiger partial charge in [0.05, 0.1) is 30.0 Å². The van der Waals surface area contributed by atoms with Crippen LogP contribution in [-0.2, 0) is 0 Å². The zero-order valence-electron chi connectivity index (χ0n) is 37.8. The van der Waals surface area contributed by atoms with E-state index in [1.165, 1.54) is 138 Å². The van der Waals surface area contributed by atoms with Crippen molar-refractivity contribution in [1.82, 2.24) is 0 Å². The first-order valence-corrected chi connectivity index (χ1v) is 23.2. The minimum absolute atomic E-state index is 0.0469. The summed E-state index contributed by atoms with van der Waals surface area (Å²) in [5.41, 5.74) is 1.55. The van der Waals surface area contributed by atoms with Crippen LogP contribution in [-0.4, -0.2) is 47.8 Å². The van der Waals surface area contributed by atoms with Crippen LogP contribution >= 0.6 is 0 Å². The molecule has 0 aliphatic heterocycles. The van der Waals surface area contributed by atoms with Gasteiger partial charge in [-0.1, -0.05) is 104 Å². The van der Waals surface area contributed by atoms with Crippen molar-refractivity contribution < 1.29 is 43.1 Å². The van der Waals surface area contributed by atoms with Gasteiger partial charge in [-0.15, -0.1) is 0 Å². The van der Waals surface area contributed by atoms with Gasteiger partial charge in [0.15, 0.2) is 0 Å². The quantitative estimate of drug-likeness (QED) is 0.0219. The van der Waals surface area contributed by atoms with E-state index in [0.717, 1.165) is 25.7 Å². The van der Waals surface area contributed by atoms with E-state index in [9.17, 15) is 24.2 Å². The number of phenolic OH excluding ortho intramolecular Hbond substituents is 2. The third-order valence-corrected chi connectivity index (χ3v) is 10.8. The molecule has 0 aliphatic rings. The highest BCUT2D eigenvalue weighted by Gasteiger charge is 2.13. The molecule has 0 unspecified atom stereocenters. The van der Waals surface area contributed by atoms with Gasteiger partial charge in [0.25, 0.3) is 0 Å². The molecule has 0 amide bonds. The normalized spacial score (nSPS) is 11.3. The van der Waals surface area contributed by atoms with Crippen molar-refractivity contribution in [1.29, 1.82) is 0 Å². The van der Waals surface area contributed by atoms with Crippen LogP contribution in [0, 0.1) is 5.82 Å². The summed E-state index contributed by atoms with van der Waals surface area (Å²) in [7, 11) is 0. The van der Waals surface area contributed by atoms with Crippen LogP contribution in [0.3, 0.4) is 0 Å². The predicted octanol–water partition coefficient (Wildman–Crippen LogP) is 14.2. The number of aromatic hydroxyl groups is 2. The molecule has 0 spiro atoms. The zero-order valence-corrected chi connectivity index (χ0v) is 37.8. The van der Waals surface area contributed by atoms with Crippen molar-refractivity contribution in [3.8, 4) is 34.5 Å². The maximum atomic E-state index is 14.8. The summed E-state index contributed by atoms with van der Waals surface area (Å²) in [5, 5.41) is 21.3. The third kappa shape index (κ3) is 17.5. The van der Waals surface area contributed by atoms with Gasteiger partial charge in [-0.3, -0.25) is 9.98 Å². The van der Waals surface area contributed by atoms with Crippen LogP contribution < -0.4 is 18.9 Å². The fraction of sp³-hybridized carbons (Fsp3) is 0.370. The largest absolute Gasteiger partial charge is 0.507 e. The minimum atomic E-state index is -0.621. The number of unbranched alkanes of at least 4 members (excludes halogenated alkanes) is 14. The third-order valence-electron chi connectivity index (χ3n) is 10.8. The van der Waals surface area contributed by atoms with Crippen molar-refractivity contribution >= 4 is 35.7 Å². The van der Waals surface area contributed by atoms with E-state index in [1.807, 2.05) is 0 Å². The Morgan fingerprint density at radius 3 is 1.32 bits per heavy atom. The highest BCUT2D eigenvalue weighted by molar-refractivity contribution is 5.93. The minimum Gasteiger partial charge on any atom is -0.507 e. The van der Waals surface area contributed by atoms with Gasteiger partial charge in [-0.05, 0) is 104 Å². The Balaban J connectivity index is 1.06. The molecule has 5 aromatic rings. The van der Waals surface area contributed by atoms with E-state index in [2.05, 4.69) is 23.8 Å². The van der Waals surface area contributed by atoms with E-state index >= 15 is 0 Å². The first-order chi connectivity index (χ1) is 31.7. The summed E-state index contributed by atoms with van der Waals surface area (Å²) in [6, 6.07) is 26.2. The van der Waals surface area contributed by atoms with E-state index in [1.54, 1.807) is 54.6 Å². The average molecular weight is 887 g/mol. The molecule has 0 fully saturated rings. The van der Waals surface area contributed by atoms with Gasteiger partial charge in [0.2, 0.25) is 0 Å². The molecule has 10 nitrogen and oxygen atoms in total. The lowest BCUT2D eigenvalue weighted by Crippen LogP contribution is -2.08. The number of hydrogen-bond donors (Lipinski definition) is 2. The lowest BCUT2D eigenvalue weighted by atomic mass is 10.1. The van der Waals surface area contributed by atoms with Crippen LogP contribution in [0.25, 0.3) is 0 Å². The number of rotatable bonds is 28. The predicted molar refractivity (Wildman–Crippen MR) is 256 cm³/mol. The maximum absolute atomic E-state index is 14.8. The summed E-state index contributed by atoms with van der Waals surface area (Å²) in [6.07, 6.45) is 22.2. The molecule has 2 N–H and O–H groups in total. The molecule has 0 bridgehead atoms. The second kappa shape index (κ2) is 27.6. The lowest BCUT2D eigenvalue weighted by Gasteiger charge is -2.08. The maximum Gasteiger partial charge on any atom is 0.343 e. The number of carbonyl (C=O) groups is 2. The molecule has 0 atom stereocenters. The fourth-order valence-corrected chi connectivity index (χ4v) is 6.91. The number of aliphatic imine (C=N–C) groups is 2. The molecule has 0 radical (unpaired) electrons. The Morgan fingerprint density at radius 2 is 0.892 bits per heavy atom. The highest BCUT2D eigenvalue weighted by atomic mass is 19.1. The second-order valence-electron chi connectivity index (χ2n) is 16.1. The van der Waals surface area contributed by atoms with Crippen molar-refractivity contribution in [3.63, 3.8) is 0 Å². The molecule has 5 aromatic carbocycles. The molecule has 0 aromatic heterocycles. The molecule has 65 heavy (non-hydrogen) atoms. The van der Waals surface area contributed by atoms with Gasteiger partial charge in [-0.25, -0.2) is 14.0 Å². The monoisotopic (exact) mass is 886 g/mol. The van der Waals surface area contributed by atoms with Crippen LogP contribution in [0.2, 0.25) is 0 Å². The average Bonchev–Trinajstić information content (AvgIpc) is 3.31. The van der Waals surface area contributed by atoms with Crippen molar-refractivity contribution in [3.05, 3.63) is 131 Å². The Bertz CT molecular complexity index is 2290. The Kier molecular flexibility index (Phi) is 21.1. The van der Waals surface area contributed by atoms with Crippen LogP contribution in [0.15, 0.2) is 113 Å². The van der Waals surface area contributed by atoms with E-state index in [4.69, 9.17) is 18.9 Å². The number of hydrogen-bond acceptors (Lipinski definition) is 10. The van der Waals surface area contributed by atoms with Crippen LogP contribution in [0.4, 0.5) is 15.8 Å². The number of carbonyl (C=O) groups excluding carboxylic acids is 2. The number of ether oxygens (including phenoxy) is 4. The first-order valence-electron chi connectivity index (χ1n) is 23.2. The molecule has 5 rings (SSSR count). The molecule has 0 aliphatic carbocycles. The van der Waals surface area contributed by atoms with Gasteiger partial charge >= 0.3 is 11.9 Å². The number of benzene rings is 5. The topological polar surface area (TPSA) is 136 Å². The van der Waals surface area contributed by atoms with Gasteiger partial charge in [0, 0.05) is 35.7 Å². The number of nitrogens with zero attached hydrogens (tertiary/aromatic N) is 2. The Morgan fingerprint density at radius 1 is 0.492 bits per heavy atom. The van der Waals surface area contributed by atoms with Gasteiger partial charge < -0.3 is 29.2 Å². The SMILES string of the molecule is CCCCCCCCCCOc1ccc(C(=O)Oc2ccc(C=Nc3ccc(F)c(N=Cc4ccc(OC(=O)c5ccc(OCCCCCCCCCC)cc5)cc4O)c3)c(O)c2)cc1. The molecular weight excluding hydrogens is 824 g/mol. The summed E-state index contributed by atoms with van der Waals surface area (Å²) in [6.45, 7) is 5.69. The van der Waals surface area contributed by atoms with E-state index in [-0.39, 0.29) is 34.2 Å². The Labute approximate surface area is 383 Å². The number of phenols is 2. The summed E-state index contributed by atoms with van der Waals surface area (Å²) >= 11 is 0. The van der Waals surface area contributed by atoms with Crippen molar-refractivity contribution in [2.24, 2.45) is 9.98 Å². The molecule has 0 heterocycles. The number of halogens is 1. The van der Waals surface area contributed by atoms with E-state index < -0.39 is 17.8 Å². The summed E-state index contributed by atoms with van der Waals surface area (Å²) in [5.74, 6) is -0.577. The first kappa shape index (κ1) is 49.5. The van der Waals surface area contributed by atoms with Crippen LogP contribution in [0.5, 0.6) is 34.5 Å². The van der Waals surface area contributed by atoms with Gasteiger partial charge in [0.1, 0.15) is 46.0 Å². The molecule has 344 valence electrons. The van der Waals surface area contributed by atoms with Gasteiger partial charge in [-0.2, -0.15) is 0 Å². The van der Waals surface area contributed by atoms with Crippen molar-refractivity contribution in [2.75, 3.05) is 13.2 Å². The number of esters is 2. The van der Waals surface area contributed by atoms with Crippen LogP contribution in [0.1, 0.15) is 148 Å². The standard InChI is InChI=1S/C54H63FN2O8/c1-3-5-7-9-11-13-15-17-33-62-45-26-19-40(20-27-45)53(60)64-47-30-23-42(51(58)36-47)38-56-44-25-32-49(55)50(35-44)57-39-43-24-31-48(37-52(43)59)65-54(61)41-21-28-46(29-22-41)63-34-18-16-14-12-10-8-6-4-2/h19-32,35-39,58-59H,3-18,33-34H2,1-2H3. The molecule has 0 saturated carbocycles. The summed E-state index contributed by atoms with van der Waals surface area (Å²) in [4.78, 5) is 34.2. The zero-order chi connectivity index (χ0) is 46.1. The van der Waals surface area contributed by atoms with Crippen molar-refractivity contribution in [2.45, 2.75) is 117 Å². The highest BCUT2D eigenvalue weighted by Crippen LogP contribution is 2.29. The Hall–Kier alpha value is -6.49. The molecular formula is C54H63FN2O8. The lowest BCUT2D eigenvalue weighted by molar-refractivity contribution is 0.0724. The fourth-order valence-electron chi connectivity index (χ4n) is 6.91. The smallest absolute Gasteiger partial charge is 0.343 e. The summed E-state index contributed by atoms with van der Waals surface area (Å²) < 4.78 is 37.4. The van der Waals surface area contributed by atoms with E-state index in [0.29, 0.717) is 47.1 Å². The second-order valence-corrected chi connectivity index (χ2v) is 16.1. The molecule has 11 heteroatoms. The molecule has 0 saturated heterocycles.